The van der Waals surface area contributed by atoms with Crippen molar-refractivity contribution in [3.63, 3.8) is 0 Å². The predicted molar refractivity (Wildman–Crippen MR) is 106 cm³/mol. The van der Waals surface area contributed by atoms with E-state index in [1.165, 1.54) is 30.6 Å². The van der Waals surface area contributed by atoms with Gasteiger partial charge in [-0.25, -0.2) is 4.39 Å². The average molecular weight is 368 g/mol. The van der Waals surface area contributed by atoms with Gasteiger partial charge in [-0.3, -0.25) is 9.79 Å². The summed E-state index contributed by atoms with van der Waals surface area (Å²) in [5, 5.41) is 2.68. The average Bonchev–Trinajstić information content (AvgIpc) is 2.67. The van der Waals surface area contributed by atoms with Gasteiger partial charge in [-0.05, 0) is 42.5 Å². The van der Waals surface area contributed by atoms with Crippen LogP contribution in [-0.2, 0) is 4.79 Å². The lowest BCUT2D eigenvalue weighted by Gasteiger charge is -2.05. The Balaban J connectivity index is 1.77. The maximum atomic E-state index is 12.8. The normalized spacial score (nSPS) is 11.8. The van der Waals surface area contributed by atoms with Gasteiger partial charge in [0, 0.05) is 24.1 Å². The monoisotopic (exact) mass is 368 g/mol. The predicted octanol–water partition coefficient (Wildman–Crippen LogP) is 2.90. The molecule has 0 heterocycles. The third-order valence-corrected chi connectivity index (χ3v) is 3.38. The fourth-order valence-corrected chi connectivity index (χ4v) is 2.02. The molecular formula is C20H21FN4O2. The first-order valence-corrected chi connectivity index (χ1v) is 8.22. The van der Waals surface area contributed by atoms with Crippen molar-refractivity contribution >= 4 is 23.5 Å². The zero-order valence-corrected chi connectivity index (χ0v) is 14.6. The number of anilines is 2. The van der Waals surface area contributed by atoms with Crippen LogP contribution < -0.4 is 21.5 Å². The first-order valence-electron chi connectivity index (χ1n) is 8.22. The van der Waals surface area contributed by atoms with E-state index in [0.29, 0.717) is 35.8 Å². The molecule has 0 aliphatic heterocycles. The highest BCUT2D eigenvalue weighted by Crippen LogP contribution is 2.16. The molecule has 0 unspecified atom stereocenters. The van der Waals surface area contributed by atoms with Crippen LogP contribution in [0.15, 0.2) is 77.4 Å². The van der Waals surface area contributed by atoms with Crippen molar-refractivity contribution in [1.29, 1.82) is 0 Å². The Morgan fingerprint density at radius 1 is 1.15 bits per heavy atom. The van der Waals surface area contributed by atoms with Crippen LogP contribution in [0.4, 0.5) is 15.8 Å². The molecule has 0 saturated heterocycles. The van der Waals surface area contributed by atoms with E-state index >= 15 is 0 Å². The molecular weight excluding hydrogens is 347 g/mol. The minimum absolute atomic E-state index is 0.316. The number of carbonyl (C=O) groups is 1. The summed E-state index contributed by atoms with van der Waals surface area (Å²) in [6.07, 6.45) is 5.75. The Labute approximate surface area is 157 Å². The van der Waals surface area contributed by atoms with Crippen LogP contribution in [0.3, 0.4) is 0 Å². The van der Waals surface area contributed by atoms with E-state index < -0.39 is 0 Å². The number of nitrogens with two attached hydrogens (primary N) is 2. The first-order chi connectivity index (χ1) is 13.1. The summed E-state index contributed by atoms with van der Waals surface area (Å²) in [6.45, 7) is 0.715. The Kier molecular flexibility index (Phi) is 7.59. The van der Waals surface area contributed by atoms with E-state index in [1.807, 2.05) is 0 Å². The number of rotatable bonds is 8. The van der Waals surface area contributed by atoms with E-state index in [0.717, 1.165) is 0 Å². The number of benzene rings is 2. The Morgan fingerprint density at radius 2 is 1.89 bits per heavy atom. The number of aliphatic imine (C=N–C) groups is 1. The van der Waals surface area contributed by atoms with Crippen LogP contribution in [0.5, 0.6) is 5.75 Å². The van der Waals surface area contributed by atoms with E-state index in [2.05, 4.69) is 10.3 Å². The molecule has 0 aliphatic carbocycles. The van der Waals surface area contributed by atoms with Gasteiger partial charge in [0.25, 0.3) is 0 Å². The topological polar surface area (TPSA) is 103 Å². The molecule has 0 saturated carbocycles. The van der Waals surface area contributed by atoms with E-state index in [-0.39, 0.29) is 11.7 Å². The van der Waals surface area contributed by atoms with Crippen LogP contribution in [0.2, 0.25) is 0 Å². The minimum Gasteiger partial charge on any atom is -0.492 e. The molecule has 6 nitrogen and oxygen atoms in total. The SMILES string of the molecule is NC=C(C=NCCOc1ccc(F)cc1)/C=C/C(=O)Nc1ccccc1N. The van der Waals surface area contributed by atoms with Gasteiger partial charge >= 0.3 is 0 Å². The summed E-state index contributed by atoms with van der Waals surface area (Å²) in [6, 6.07) is 12.7. The van der Waals surface area contributed by atoms with Crippen molar-refractivity contribution in [2.45, 2.75) is 0 Å². The quantitative estimate of drug-likeness (QED) is 0.219. The van der Waals surface area contributed by atoms with Crippen LogP contribution in [0, 0.1) is 5.82 Å². The van der Waals surface area contributed by atoms with E-state index in [1.54, 1.807) is 42.5 Å². The minimum atomic E-state index is -0.333. The van der Waals surface area contributed by atoms with Gasteiger partial charge in [0.05, 0.1) is 17.9 Å². The number of nitrogens with zero attached hydrogens (tertiary/aromatic N) is 1. The van der Waals surface area contributed by atoms with Crippen LogP contribution >= 0.6 is 0 Å². The Morgan fingerprint density at radius 3 is 2.59 bits per heavy atom. The highest BCUT2D eigenvalue weighted by molar-refractivity contribution is 6.02. The van der Waals surface area contributed by atoms with Crippen LogP contribution in [-0.4, -0.2) is 25.3 Å². The Bertz CT molecular complexity index is 845. The fraction of sp³-hybridized carbons (Fsp3) is 0.100. The number of hydrogen-bond donors (Lipinski definition) is 3. The second kappa shape index (κ2) is 10.4. The maximum Gasteiger partial charge on any atom is 0.248 e. The summed E-state index contributed by atoms with van der Waals surface area (Å²) in [5.41, 5.74) is 12.9. The van der Waals surface area contributed by atoms with Gasteiger partial charge in [0.15, 0.2) is 0 Å². The van der Waals surface area contributed by atoms with Gasteiger partial charge in [-0.1, -0.05) is 12.1 Å². The van der Waals surface area contributed by atoms with Crippen molar-refractivity contribution in [1.82, 2.24) is 0 Å². The van der Waals surface area contributed by atoms with E-state index in [4.69, 9.17) is 16.2 Å². The molecule has 0 atom stereocenters. The largest absolute Gasteiger partial charge is 0.492 e. The van der Waals surface area contributed by atoms with Gasteiger partial charge in [0.2, 0.25) is 5.91 Å². The van der Waals surface area contributed by atoms with Crippen LogP contribution in [0.1, 0.15) is 0 Å². The molecule has 7 heteroatoms. The standard InChI is InChI=1S/C20H21FN4O2/c21-16-6-8-17(9-7-16)27-12-11-24-14-15(13-22)5-10-20(26)25-19-4-2-1-3-18(19)23/h1-10,13-14H,11-12,22-23H2,(H,25,26)/b10-5+,15-13?,24-14?. The number of halogens is 1. The number of amides is 1. The Hall–Kier alpha value is -3.61. The third-order valence-electron chi connectivity index (χ3n) is 3.38. The van der Waals surface area contributed by atoms with Gasteiger partial charge in [-0.2, -0.15) is 0 Å². The number of hydrogen-bond acceptors (Lipinski definition) is 5. The molecule has 27 heavy (non-hydrogen) atoms. The summed E-state index contributed by atoms with van der Waals surface area (Å²) < 4.78 is 18.2. The van der Waals surface area contributed by atoms with Crippen molar-refractivity contribution in [3.8, 4) is 5.75 Å². The van der Waals surface area contributed by atoms with Crippen molar-refractivity contribution in [2.24, 2.45) is 10.7 Å². The zero-order valence-electron chi connectivity index (χ0n) is 14.6. The summed E-state index contributed by atoms with van der Waals surface area (Å²) in [5.74, 6) is -0.0814. The molecule has 0 aromatic heterocycles. The summed E-state index contributed by atoms with van der Waals surface area (Å²) in [4.78, 5) is 16.1. The lowest BCUT2D eigenvalue weighted by molar-refractivity contribution is -0.111. The first kappa shape index (κ1) is 19.7. The van der Waals surface area contributed by atoms with Gasteiger partial charge in [0.1, 0.15) is 18.2 Å². The lowest BCUT2D eigenvalue weighted by atomic mass is 10.2. The second-order valence-corrected chi connectivity index (χ2v) is 5.41. The zero-order chi connectivity index (χ0) is 19.5. The second-order valence-electron chi connectivity index (χ2n) is 5.41. The molecule has 0 aliphatic rings. The number of nitrogens with one attached hydrogen (secondary N) is 1. The molecule has 0 bridgehead atoms. The number of nitrogen functional groups attached to an aromatic ring is 1. The maximum absolute atomic E-state index is 12.8. The van der Waals surface area contributed by atoms with Crippen molar-refractivity contribution in [3.05, 3.63) is 78.3 Å². The summed E-state index contributed by atoms with van der Waals surface area (Å²) in [7, 11) is 0. The number of carbonyl (C=O) groups excluding carboxylic acids is 1. The van der Waals surface area contributed by atoms with Crippen molar-refractivity contribution < 1.29 is 13.9 Å². The molecule has 2 aromatic rings. The molecule has 1 amide bonds. The molecule has 0 fully saturated rings. The number of allylic oxidation sites excluding steroid dienone is 2. The molecule has 0 spiro atoms. The molecule has 140 valence electrons. The fourth-order valence-electron chi connectivity index (χ4n) is 2.02. The molecule has 0 radical (unpaired) electrons. The van der Waals surface area contributed by atoms with Crippen LogP contribution in [0.25, 0.3) is 0 Å². The highest BCUT2D eigenvalue weighted by atomic mass is 19.1. The number of para-hydroxylation sites is 2. The smallest absolute Gasteiger partial charge is 0.248 e. The van der Waals surface area contributed by atoms with Gasteiger partial charge < -0.3 is 21.5 Å². The van der Waals surface area contributed by atoms with Gasteiger partial charge in [-0.15, -0.1) is 0 Å². The third kappa shape index (κ3) is 7.03. The highest BCUT2D eigenvalue weighted by Gasteiger charge is 2.01. The molecule has 5 N–H and O–H groups in total. The lowest BCUT2D eigenvalue weighted by Crippen LogP contribution is -2.09. The number of ether oxygens (including phenoxy) is 1. The van der Waals surface area contributed by atoms with E-state index in [9.17, 15) is 9.18 Å². The molecule has 2 rings (SSSR count). The molecule has 2 aromatic carbocycles. The van der Waals surface area contributed by atoms with Crippen molar-refractivity contribution in [2.75, 3.05) is 24.2 Å². The summed E-state index contributed by atoms with van der Waals surface area (Å²) >= 11 is 0.